The Morgan fingerprint density at radius 3 is 0.976 bits per heavy atom. The van der Waals surface area contributed by atoms with Gasteiger partial charge in [-0.25, -0.2) is 4.57 Å². The van der Waals surface area contributed by atoms with E-state index in [9.17, 15) is 19.0 Å². The van der Waals surface area contributed by atoms with Crippen LogP contribution in [0.3, 0.4) is 0 Å². The van der Waals surface area contributed by atoms with Crippen molar-refractivity contribution in [3.63, 3.8) is 0 Å². The average Bonchev–Trinajstić information content (AvgIpc) is 3.45. The lowest BCUT2D eigenvalue weighted by molar-refractivity contribution is -0.870. The van der Waals surface area contributed by atoms with Crippen molar-refractivity contribution in [1.82, 2.24) is 0 Å². The first-order chi connectivity index (χ1) is 40.0. The third-order valence-corrected chi connectivity index (χ3v) is 14.0. The minimum atomic E-state index is -4.41. The van der Waals surface area contributed by atoms with Gasteiger partial charge >= 0.3 is 19.8 Å². The van der Waals surface area contributed by atoms with Gasteiger partial charge in [-0.15, -0.1) is 0 Å². The fraction of sp³-hybridized carbons (Fsp3) is 0.611. The van der Waals surface area contributed by atoms with Crippen LogP contribution in [0.25, 0.3) is 0 Å². The highest BCUT2D eigenvalue weighted by Gasteiger charge is 2.27. The van der Waals surface area contributed by atoms with Gasteiger partial charge in [-0.2, -0.15) is 0 Å². The Labute approximate surface area is 503 Å². The first kappa shape index (κ1) is 77.6. The lowest BCUT2D eigenvalue weighted by Crippen LogP contribution is -2.37. The molecule has 0 bridgehead atoms. The molecule has 464 valence electrons. The second-order valence-corrected chi connectivity index (χ2v) is 23.5. The van der Waals surface area contributed by atoms with Gasteiger partial charge in [0.05, 0.1) is 27.7 Å². The molecule has 10 heteroatoms. The summed E-state index contributed by atoms with van der Waals surface area (Å²) in [5.74, 6) is -0.825. The van der Waals surface area contributed by atoms with E-state index in [2.05, 4.69) is 172 Å². The average molecular weight is 1160 g/mol. The number of hydrogen-bond donors (Lipinski definition) is 1. The standard InChI is InChI=1S/C72H118NO8P/c1-6-8-10-12-14-16-18-20-22-24-26-28-30-32-34-36-38-40-42-44-46-48-50-52-54-56-58-60-62-64-71(74)78-68-70(69-80-82(76,77)79-67-66-73(3,4)5)81-72(75)65-63-61-59-57-55-53-51-49-47-45-43-41-39-37-35-33-31-29-27-25-23-21-19-17-15-13-11-9-7-2/h8-11,14-17,20-23,26-29,32-35,38-41,45,47,70H,6-7,12-13,18-19,24-25,30-31,36-37,42-44,46,48-69H2,1-5H3/p+1/b10-8-,11-9-,16-14-,17-15-,22-20-,23-21-,28-26-,29-27-,34-32-,35-33-,40-38-,41-39-,47-45-. The highest BCUT2D eigenvalue weighted by molar-refractivity contribution is 7.47. The normalized spacial score (nSPS) is 14.3. The van der Waals surface area contributed by atoms with Crippen LogP contribution in [0.2, 0.25) is 0 Å². The Morgan fingerprint density at radius 1 is 0.378 bits per heavy atom. The summed E-state index contributed by atoms with van der Waals surface area (Å²) in [6.07, 6.45) is 91.7. The maximum absolute atomic E-state index is 12.9. The summed E-state index contributed by atoms with van der Waals surface area (Å²) < 4.78 is 34.6. The maximum atomic E-state index is 12.9. The topological polar surface area (TPSA) is 108 Å². The molecule has 0 radical (unpaired) electrons. The molecule has 2 unspecified atom stereocenters. The molecular weight excluding hydrogens is 1040 g/mol. The third kappa shape index (κ3) is 64.8. The number of carbonyl (C=O) groups excluding carboxylic acids is 2. The van der Waals surface area contributed by atoms with Crippen molar-refractivity contribution < 1.29 is 42.1 Å². The molecule has 9 nitrogen and oxygen atoms in total. The molecule has 0 spiro atoms. The Kier molecular flexibility index (Phi) is 57.9. The molecule has 0 amide bonds. The first-order valence-corrected chi connectivity index (χ1v) is 33.7. The highest BCUT2D eigenvalue weighted by atomic mass is 31.2. The Balaban J connectivity index is 4.20. The van der Waals surface area contributed by atoms with Gasteiger partial charge in [0, 0.05) is 12.8 Å². The van der Waals surface area contributed by atoms with Crippen LogP contribution in [0.1, 0.15) is 232 Å². The second-order valence-electron chi connectivity index (χ2n) is 22.0. The van der Waals surface area contributed by atoms with Gasteiger partial charge in [0.15, 0.2) is 6.10 Å². The summed E-state index contributed by atoms with van der Waals surface area (Å²) in [5, 5.41) is 0. The van der Waals surface area contributed by atoms with Crippen molar-refractivity contribution in [1.29, 1.82) is 0 Å². The van der Waals surface area contributed by atoms with E-state index in [1.807, 2.05) is 21.1 Å². The molecule has 0 aromatic rings. The zero-order valence-electron chi connectivity index (χ0n) is 52.7. The smallest absolute Gasteiger partial charge is 0.462 e. The van der Waals surface area contributed by atoms with Crippen LogP contribution in [0.4, 0.5) is 0 Å². The van der Waals surface area contributed by atoms with E-state index < -0.39 is 26.5 Å². The van der Waals surface area contributed by atoms with Crippen LogP contribution >= 0.6 is 7.82 Å². The second kappa shape index (κ2) is 61.2. The molecule has 0 aromatic heterocycles. The molecule has 0 saturated heterocycles. The molecule has 0 heterocycles. The molecule has 0 saturated carbocycles. The molecule has 82 heavy (non-hydrogen) atoms. The number of quaternary nitrogens is 1. The highest BCUT2D eigenvalue weighted by Crippen LogP contribution is 2.43. The Hall–Kier alpha value is -4.37. The third-order valence-electron chi connectivity index (χ3n) is 13.1. The number of allylic oxidation sites excluding steroid dienone is 26. The summed E-state index contributed by atoms with van der Waals surface area (Å²) >= 11 is 0. The van der Waals surface area contributed by atoms with Gasteiger partial charge in [0.2, 0.25) is 0 Å². The number of carbonyl (C=O) groups is 2. The van der Waals surface area contributed by atoms with Gasteiger partial charge in [0.1, 0.15) is 19.8 Å². The lowest BCUT2D eigenvalue weighted by Gasteiger charge is -2.24. The van der Waals surface area contributed by atoms with Crippen molar-refractivity contribution in [2.75, 3.05) is 47.5 Å². The van der Waals surface area contributed by atoms with Crippen LogP contribution in [-0.2, 0) is 32.7 Å². The maximum Gasteiger partial charge on any atom is 0.472 e. The van der Waals surface area contributed by atoms with Gasteiger partial charge in [-0.05, 0) is 122 Å². The van der Waals surface area contributed by atoms with E-state index >= 15 is 0 Å². The molecule has 0 aliphatic rings. The number of likely N-dealkylation sites (N-methyl/N-ethyl adjacent to an activating group) is 1. The lowest BCUT2D eigenvalue weighted by atomic mass is 10.1. The van der Waals surface area contributed by atoms with Crippen LogP contribution in [0.15, 0.2) is 158 Å². The van der Waals surface area contributed by atoms with E-state index in [-0.39, 0.29) is 32.0 Å². The number of esters is 2. The SMILES string of the molecule is CC/C=C\C/C=C\C/C=C\C/C=C\C/C=C\C/C=C\C/C=C\CCCCCCCCCC(=O)OC(COC(=O)CCCCCCCCCCCC/C=C\C/C=C\C/C=C\C/C=C\C/C=C\C/C=C\CC)COP(=O)(O)OCC[N+](C)(C)C. The van der Waals surface area contributed by atoms with E-state index in [0.29, 0.717) is 17.4 Å². The predicted octanol–water partition coefficient (Wildman–Crippen LogP) is 20.8. The van der Waals surface area contributed by atoms with E-state index in [1.54, 1.807) is 0 Å². The number of unbranched alkanes of at least 4 members (excludes halogenated alkanes) is 17. The van der Waals surface area contributed by atoms with E-state index in [4.69, 9.17) is 18.5 Å². The molecule has 0 aromatic carbocycles. The fourth-order valence-corrected chi connectivity index (χ4v) is 8.92. The predicted molar refractivity (Wildman–Crippen MR) is 353 cm³/mol. The Bertz CT molecular complexity index is 1940. The molecule has 0 fully saturated rings. The monoisotopic (exact) mass is 1160 g/mol. The van der Waals surface area contributed by atoms with Gasteiger partial charge in [0.25, 0.3) is 0 Å². The fourth-order valence-electron chi connectivity index (χ4n) is 8.18. The zero-order chi connectivity index (χ0) is 59.8. The van der Waals surface area contributed by atoms with Crippen molar-refractivity contribution in [3.05, 3.63) is 158 Å². The largest absolute Gasteiger partial charge is 0.472 e. The summed E-state index contributed by atoms with van der Waals surface area (Å²) in [4.78, 5) is 35.8. The number of hydrogen-bond acceptors (Lipinski definition) is 7. The summed E-state index contributed by atoms with van der Waals surface area (Å²) in [6, 6.07) is 0. The molecule has 1 N–H and O–H groups in total. The zero-order valence-corrected chi connectivity index (χ0v) is 53.6. The van der Waals surface area contributed by atoms with E-state index in [0.717, 1.165) is 141 Å². The minimum absolute atomic E-state index is 0.0197. The van der Waals surface area contributed by atoms with Gasteiger partial charge in [-0.1, -0.05) is 255 Å². The van der Waals surface area contributed by atoms with Crippen LogP contribution in [0, 0.1) is 0 Å². The summed E-state index contributed by atoms with van der Waals surface area (Å²) in [5.41, 5.74) is 0. The van der Waals surface area contributed by atoms with Crippen molar-refractivity contribution in [3.8, 4) is 0 Å². The minimum Gasteiger partial charge on any atom is -0.462 e. The number of ether oxygens (including phenoxy) is 2. The Morgan fingerprint density at radius 2 is 0.659 bits per heavy atom. The van der Waals surface area contributed by atoms with E-state index in [1.165, 1.54) is 57.8 Å². The number of phosphoric ester groups is 1. The van der Waals surface area contributed by atoms with Crippen molar-refractivity contribution in [2.45, 2.75) is 238 Å². The van der Waals surface area contributed by atoms with Crippen LogP contribution in [0.5, 0.6) is 0 Å². The first-order valence-electron chi connectivity index (χ1n) is 32.2. The number of rotatable bonds is 57. The molecule has 0 aliphatic carbocycles. The van der Waals surface area contributed by atoms with Crippen LogP contribution < -0.4 is 0 Å². The van der Waals surface area contributed by atoms with Crippen molar-refractivity contribution >= 4 is 19.8 Å². The summed E-state index contributed by atoms with van der Waals surface area (Å²) in [7, 11) is 1.44. The van der Waals surface area contributed by atoms with Gasteiger partial charge in [-0.3, -0.25) is 18.6 Å². The molecule has 2 atom stereocenters. The summed E-state index contributed by atoms with van der Waals surface area (Å²) in [6.45, 7) is 4.17. The molecule has 0 aliphatic heterocycles. The van der Waals surface area contributed by atoms with Crippen molar-refractivity contribution in [2.24, 2.45) is 0 Å². The quantitative estimate of drug-likeness (QED) is 0.0211. The number of nitrogens with zero attached hydrogens (tertiary/aromatic N) is 1. The van der Waals surface area contributed by atoms with Crippen LogP contribution in [-0.4, -0.2) is 74.9 Å². The molecular formula is C72H119NO8P+. The molecule has 0 rings (SSSR count). The number of phosphoric acid groups is 1. The van der Waals surface area contributed by atoms with Gasteiger partial charge < -0.3 is 18.9 Å².